The zero-order valence-electron chi connectivity index (χ0n) is 21.1. The molecule has 3 heterocycles. The quantitative estimate of drug-likeness (QED) is 0.209. The van der Waals surface area contributed by atoms with Crippen LogP contribution in [0.5, 0.6) is 5.75 Å². The van der Waals surface area contributed by atoms with E-state index in [1.54, 1.807) is 24.5 Å². The molecule has 38 heavy (non-hydrogen) atoms. The number of thiazole rings is 1. The summed E-state index contributed by atoms with van der Waals surface area (Å²) in [5.74, 6) is 1.50. The van der Waals surface area contributed by atoms with Gasteiger partial charge in [0.1, 0.15) is 17.3 Å². The Balaban J connectivity index is 1.61. The number of allylic oxidation sites excluding steroid dienone is 1. The molecule has 0 radical (unpaired) electrons. The predicted molar refractivity (Wildman–Crippen MR) is 155 cm³/mol. The van der Waals surface area contributed by atoms with Crippen molar-refractivity contribution in [1.29, 1.82) is 0 Å². The number of ether oxygens (including phenoxy) is 2. The van der Waals surface area contributed by atoms with Crippen molar-refractivity contribution in [3.05, 3.63) is 107 Å². The Hall–Kier alpha value is -3.44. The lowest BCUT2D eigenvalue weighted by Crippen LogP contribution is -2.39. The van der Waals surface area contributed by atoms with E-state index in [9.17, 15) is 9.59 Å². The Morgan fingerprint density at radius 1 is 1.08 bits per heavy atom. The van der Waals surface area contributed by atoms with Crippen molar-refractivity contribution in [3.63, 3.8) is 0 Å². The van der Waals surface area contributed by atoms with Crippen LogP contribution in [0.15, 0.2) is 86.1 Å². The van der Waals surface area contributed by atoms with Gasteiger partial charge in [-0.15, -0.1) is 0 Å². The summed E-state index contributed by atoms with van der Waals surface area (Å²) in [5, 5.41) is 0. The number of fused-ring (bicyclic) bond motifs is 1. The molecule has 5 rings (SSSR count). The minimum absolute atomic E-state index is 0.220. The zero-order valence-corrected chi connectivity index (χ0v) is 24.0. The lowest BCUT2D eigenvalue weighted by Gasteiger charge is -2.24. The molecule has 7 nitrogen and oxygen atoms in total. The lowest BCUT2D eigenvalue weighted by molar-refractivity contribution is -0.139. The number of furan rings is 1. The van der Waals surface area contributed by atoms with Crippen LogP contribution in [0.1, 0.15) is 38.1 Å². The largest absolute Gasteiger partial charge is 0.494 e. The Morgan fingerprint density at radius 2 is 1.82 bits per heavy atom. The molecule has 9 heteroatoms. The first-order valence-electron chi connectivity index (χ1n) is 12.2. The zero-order chi connectivity index (χ0) is 26.8. The highest BCUT2D eigenvalue weighted by molar-refractivity contribution is 14.1. The monoisotopic (exact) mass is 640 g/mol. The van der Waals surface area contributed by atoms with Crippen LogP contribution in [0.3, 0.4) is 0 Å². The first-order valence-corrected chi connectivity index (χ1v) is 14.1. The van der Waals surface area contributed by atoms with Gasteiger partial charge in [-0.3, -0.25) is 9.36 Å². The van der Waals surface area contributed by atoms with Gasteiger partial charge in [-0.05, 0) is 85.3 Å². The van der Waals surface area contributed by atoms with Crippen molar-refractivity contribution in [3.8, 4) is 17.1 Å². The van der Waals surface area contributed by atoms with E-state index in [-0.39, 0.29) is 12.2 Å². The SMILES string of the molecule is CCOC(=O)C1=C(C)N=c2s/c(=C\c3ccc(-c4ccc(I)cc4)o3)c(=O)n2[C@H]1c1ccc(OCC)cc1. The molecular weight excluding hydrogens is 615 g/mol. The fourth-order valence-corrected chi connectivity index (χ4v) is 5.74. The average molecular weight is 640 g/mol. The highest BCUT2D eigenvalue weighted by Gasteiger charge is 2.33. The normalized spacial score (nSPS) is 15.3. The molecule has 2 aromatic carbocycles. The van der Waals surface area contributed by atoms with Gasteiger partial charge in [-0.2, -0.15) is 0 Å². The molecule has 0 fully saturated rings. The van der Waals surface area contributed by atoms with Crippen molar-refractivity contribution >= 4 is 46.0 Å². The summed E-state index contributed by atoms with van der Waals surface area (Å²) in [6.45, 7) is 6.20. The van der Waals surface area contributed by atoms with Gasteiger partial charge in [0.2, 0.25) is 0 Å². The van der Waals surface area contributed by atoms with Crippen molar-refractivity contribution in [2.75, 3.05) is 13.2 Å². The maximum absolute atomic E-state index is 13.8. The Labute approximate surface area is 236 Å². The van der Waals surface area contributed by atoms with Gasteiger partial charge in [-0.25, -0.2) is 9.79 Å². The van der Waals surface area contributed by atoms with Crippen LogP contribution < -0.4 is 19.6 Å². The van der Waals surface area contributed by atoms with Crippen LogP contribution in [0, 0.1) is 3.57 Å². The van der Waals surface area contributed by atoms with Crippen molar-refractivity contribution in [1.82, 2.24) is 4.57 Å². The predicted octanol–water partition coefficient (Wildman–Crippen LogP) is 5.06. The summed E-state index contributed by atoms with van der Waals surface area (Å²) in [4.78, 5) is 31.9. The second-order valence-electron chi connectivity index (χ2n) is 8.51. The van der Waals surface area contributed by atoms with E-state index in [4.69, 9.17) is 13.9 Å². The molecule has 0 aliphatic carbocycles. The number of esters is 1. The first kappa shape index (κ1) is 26.2. The summed E-state index contributed by atoms with van der Waals surface area (Å²) >= 11 is 3.52. The molecule has 4 aromatic rings. The van der Waals surface area contributed by atoms with Gasteiger partial charge in [-0.1, -0.05) is 35.6 Å². The van der Waals surface area contributed by atoms with E-state index in [1.807, 2.05) is 67.6 Å². The van der Waals surface area contributed by atoms with Crippen LogP contribution in [0.25, 0.3) is 17.4 Å². The van der Waals surface area contributed by atoms with E-state index >= 15 is 0 Å². The summed E-state index contributed by atoms with van der Waals surface area (Å²) in [6, 6.07) is 18.5. The van der Waals surface area contributed by atoms with Gasteiger partial charge in [0.15, 0.2) is 4.80 Å². The summed E-state index contributed by atoms with van der Waals surface area (Å²) < 4.78 is 20.1. The van der Waals surface area contributed by atoms with Gasteiger partial charge in [0.05, 0.1) is 35.1 Å². The minimum Gasteiger partial charge on any atom is -0.494 e. The molecule has 2 aromatic heterocycles. The molecule has 1 aliphatic rings. The van der Waals surface area contributed by atoms with E-state index in [1.165, 1.54) is 11.3 Å². The third kappa shape index (κ3) is 5.12. The summed E-state index contributed by atoms with van der Waals surface area (Å²) in [6.07, 6.45) is 1.72. The molecule has 0 unspecified atom stereocenters. The number of rotatable bonds is 7. The van der Waals surface area contributed by atoms with Crippen LogP contribution >= 0.6 is 33.9 Å². The highest BCUT2D eigenvalue weighted by Crippen LogP contribution is 2.31. The molecule has 1 aliphatic heterocycles. The van der Waals surface area contributed by atoms with Crippen LogP contribution in [-0.4, -0.2) is 23.8 Å². The third-order valence-corrected chi connectivity index (χ3v) is 7.75. The first-order chi connectivity index (χ1) is 18.4. The van der Waals surface area contributed by atoms with E-state index in [0.29, 0.717) is 44.5 Å². The maximum Gasteiger partial charge on any atom is 0.338 e. The minimum atomic E-state index is -0.679. The molecule has 0 spiro atoms. The molecule has 194 valence electrons. The molecular formula is C29H25IN2O5S. The number of benzene rings is 2. The Bertz CT molecular complexity index is 1700. The number of hydrogen-bond donors (Lipinski definition) is 0. The summed E-state index contributed by atoms with van der Waals surface area (Å²) in [7, 11) is 0. The number of hydrogen-bond acceptors (Lipinski definition) is 7. The fraction of sp³-hybridized carbons (Fsp3) is 0.207. The molecule has 0 bridgehead atoms. The molecule has 0 saturated heterocycles. The average Bonchev–Trinajstić information content (AvgIpc) is 3.49. The van der Waals surface area contributed by atoms with E-state index < -0.39 is 12.0 Å². The molecule has 1 atom stereocenters. The second kappa shape index (κ2) is 11.1. The number of halogens is 1. The van der Waals surface area contributed by atoms with Gasteiger partial charge in [0, 0.05) is 15.2 Å². The van der Waals surface area contributed by atoms with Crippen molar-refractivity contribution < 1.29 is 18.7 Å². The van der Waals surface area contributed by atoms with Crippen molar-refractivity contribution in [2.45, 2.75) is 26.8 Å². The van der Waals surface area contributed by atoms with Crippen LogP contribution in [0.4, 0.5) is 0 Å². The lowest BCUT2D eigenvalue weighted by atomic mass is 9.96. The number of carbonyl (C=O) groups is 1. The second-order valence-corrected chi connectivity index (χ2v) is 10.8. The Kier molecular flexibility index (Phi) is 7.66. The van der Waals surface area contributed by atoms with E-state index in [2.05, 4.69) is 27.6 Å². The van der Waals surface area contributed by atoms with Crippen LogP contribution in [0.2, 0.25) is 0 Å². The number of carbonyl (C=O) groups excluding carboxylic acids is 1. The smallest absolute Gasteiger partial charge is 0.338 e. The molecule has 0 amide bonds. The topological polar surface area (TPSA) is 83.0 Å². The number of nitrogens with zero attached hydrogens (tertiary/aromatic N) is 2. The molecule has 0 saturated carbocycles. The van der Waals surface area contributed by atoms with Gasteiger partial charge >= 0.3 is 5.97 Å². The highest BCUT2D eigenvalue weighted by atomic mass is 127. The van der Waals surface area contributed by atoms with Crippen LogP contribution in [-0.2, 0) is 9.53 Å². The standard InChI is InChI=1S/C29H25IN2O5S/c1-4-35-21-12-8-19(9-13-21)26-25(28(34)36-5-2)17(3)31-29-32(26)27(33)24(38-29)16-22-14-15-23(37-22)18-6-10-20(30)11-7-18/h6-16,26H,4-5H2,1-3H3/b24-16-/t26-/m0/s1. The fourth-order valence-electron chi connectivity index (χ4n) is 4.35. The van der Waals surface area contributed by atoms with Gasteiger partial charge in [0.25, 0.3) is 5.56 Å². The van der Waals surface area contributed by atoms with E-state index in [0.717, 1.165) is 14.7 Å². The maximum atomic E-state index is 13.8. The van der Waals surface area contributed by atoms with Crippen molar-refractivity contribution in [2.24, 2.45) is 4.99 Å². The number of aromatic nitrogens is 1. The Morgan fingerprint density at radius 3 is 2.50 bits per heavy atom. The van der Waals surface area contributed by atoms with Gasteiger partial charge < -0.3 is 13.9 Å². The molecule has 0 N–H and O–H groups in total. The third-order valence-electron chi connectivity index (χ3n) is 6.05. The summed E-state index contributed by atoms with van der Waals surface area (Å²) in [5.41, 5.74) is 2.33.